The highest BCUT2D eigenvalue weighted by Crippen LogP contribution is 2.33. The second kappa shape index (κ2) is 21.4. The van der Waals surface area contributed by atoms with Crippen molar-refractivity contribution in [2.75, 3.05) is 13.2 Å². The van der Waals surface area contributed by atoms with Gasteiger partial charge in [0, 0.05) is 18.3 Å². The van der Waals surface area contributed by atoms with Gasteiger partial charge in [-0.25, -0.2) is 4.79 Å². The van der Waals surface area contributed by atoms with Gasteiger partial charge >= 0.3 is 12.1 Å². The maximum atomic E-state index is 13.8. The second-order valence-corrected chi connectivity index (χ2v) is 12.8. The number of rotatable bonds is 23. The van der Waals surface area contributed by atoms with E-state index in [2.05, 4.69) is 12.2 Å². The van der Waals surface area contributed by atoms with E-state index < -0.39 is 47.6 Å². The Morgan fingerprint density at radius 1 is 0.833 bits per heavy atom. The van der Waals surface area contributed by atoms with Crippen LogP contribution in [0.25, 0.3) is 0 Å². The summed E-state index contributed by atoms with van der Waals surface area (Å²) in [7, 11) is 0. The molecule has 3 N–H and O–H groups in total. The number of benzene rings is 2. The molecule has 2 aromatic carbocycles. The molecule has 3 atom stereocenters. The molecule has 0 saturated carbocycles. The van der Waals surface area contributed by atoms with Gasteiger partial charge in [0.1, 0.15) is 0 Å². The quantitative estimate of drug-likeness (QED) is 0.0914. The fourth-order valence-corrected chi connectivity index (χ4v) is 5.75. The average molecular weight is 675 g/mol. The molecule has 0 aliphatic heterocycles. The number of carbonyl (C=O) groups excluding carboxylic acids is 4. The van der Waals surface area contributed by atoms with Crippen molar-refractivity contribution in [3.63, 3.8) is 0 Å². The lowest BCUT2D eigenvalue weighted by atomic mass is 9.88. The van der Waals surface area contributed by atoms with Crippen LogP contribution in [0.1, 0.15) is 118 Å². The molecule has 0 aliphatic rings. The van der Waals surface area contributed by atoms with Crippen molar-refractivity contribution in [3.05, 3.63) is 70.8 Å². The van der Waals surface area contributed by atoms with Crippen molar-refractivity contribution in [3.8, 4) is 0 Å². The Morgan fingerprint density at radius 2 is 1.48 bits per heavy atom. The molecule has 0 bridgehead atoms. The number of nitrogens with two attached hydrogens (primary N) is 1. The number of hydrogen-bond acceptors (Lipinski definition) is 6. The van der Waals surface area contributed by atoms with Gasteiger partial charge in [-0.05, 0) is 56.3 Å². The highest BCUT2D eigenvalue weighted by Gasteiger charge is 2.37. The van der Waals surface area contributed by atoms with Crippen LogP contribution in [0.2, 0.25) is 0 Å². The van der Waals surface area contributed by atoms with Gasteiger partial charge in [-0.3, -0.25) is 14.4 Å². The summed E-state index contributed by atoms with van der Waals surface area (Å²) in [4.78, 5) is 53.1. The van der Waals surface area contributed by atoms with Crippen LogP contribution in [0.3, 0.4) is 0 Å². The van der Waals surface area contributed by atoms with E-state index in [-0.39, 0.29) is 42.4 Å². The van der Waals surface area contributed by atoms with Crippen LogP contribution in [-0.4, -0.2) is 42.6 Å². The number of aryl methyl sites for hydroxylation is 1. The third kappa shape index (κ3) is 14.3. The molecule has 0 radical (unpaired) electrons. The van der Waals surface area contributed by atoms with E-state index in [0.29, 0.717) is 25.8 Å². The highest BCUT2D eigenvalue weighted by molar-refractivity contribution is 5.96. The van der Waals surface area contributed by atoms with Gasteiger partial charge in [-0.1, -0.05) is 108 Å². The van der Waals surface area contributed by atoms with Crippen LogP contribution in [-0.2, 0) is 31.7 Å². The van der Waals surface area contributed by atoms with Crippen LogP contribution in [0.15, 0.2) is 48.5 Å². The molecule has 0 aromatic heterocycles. The molecule has 1 amide bonds. The number of Topliss-reactive ketones (excluding diaryl/α,β-unsaturated/α-hetero) is 2. The molecule has 0 heterocycles. The Morgan fingerprint density at radius 3 is 2.12 bits per heavy atom. The first-order valence-electron chi connectivity index (χ1n) is 17.3. The Bertz CT molecular complexity index is 1300. The summed E-state index contributed by atoms with van der Waals surface area (Å²) in [6.07, 6.45) is 5.26. The van der Waals surface area contributed by atoms with E-state index in [1.165, 1.54) is 44.7 Å². The molecule has 2 unspecified atom stereocenters. The monoisotopic (exact) mass is 674 g/mol. The minimum absolute atomic E-state index is 0.0673. The first-order valence-corrected chi connectivity index (χ1v) is 17.3. The molecule has 2 rings (SSSR count). The number of amides is 1. The van der Waals surface area contributed by atoms with E-state index in [4.69, 9.17) is 10.5 Å². The Hall–Kier alpha value is -3.53. The van der Waals surface area contributed by atoms with Crippen LogP contribution < -0.4 is 11.1 Å². The summed E-state index contributed by atoms with van der Waals surface area (Å²) >= 11 is 0. The summed E-state index contributed by atoms with van der Waals surface area (Å²) in [6, 6.07) is 11.7. The van der Waals surface area contributed by atoms with Gasteiger partial charge in [-0.2, -0.15) is 13.2 Å². The molecule has 2 aromatic rings. The van der Waals surface area contributed by atoms with Gasteiger partial charge in [0.2, 0.25) is 5.91 Å². The smallest absolute Gasteiger partial charge is 0.417 e. The molecular formula is C38H53F3N2O5. The van der Waals surface area contributed by atoms with Crippen LogP contribution in [0.5, 0.6) is 0 Å². The lowest BCUT2D eigenvalue weighted by molar-refractivity contribution is -0.138. The fourth-order valence-electron chi connectivity index (χ4n) is 5.75. The van der Waals surface area contributed by atoms with Gasteiger partial charge < -0.3 is 15.8 Å². The van der Waals surface area contributed by atoms with Crippen molar-refractivity contribution in [1.82, 2.24) is 5.32 Å². The fraction of sp³-hybridized carbons (Fsp3) is 0.579. The lowest BCUT2D eigenvalue weighted by Crippen LogP contribution is -2.45. The lowest BCUT2D eigenvalue weighted by Gasteiger charge is -2.23. The standard InChI is InChI=1S/C38H53F3N2O5/c1-4-5-6-7-8-9-11-17-28(3)36(46)43-32(24-29-19-12-10-13-20-29)33(44)25-30(21-14-15-23-42)34(45)26-48-37(47)35-27(2)18-16-22-31(35)38(39,40)41/h10,12-13,16,18-20,22,28,30,32H,4-9,11,14-15,17,21,23-26,42H2,1-3H3,(H,43,46)/t28?,30-,32?/m1/s1. The molecule has 0 spiro atoms. The minimum Gasteiger partial charge on any atom is -0.454 e. The third-order valence-corrected chi connectivity index (χ3v) is 8.71. The van der Waals surface area contributed by atoms with Crippen LogP contribution in [0, 0.1) is 18.8 Å². The SMILES string of the molecule is CCCCCCCCCC(C)C(=O)NC(Cc1ccccc1)C(=O)C[C@@H](CCCCN)C(=O)COC(=O)c1c(C)cccc1C(F)(F)F. The van der Waals surface area contributed by atoms with E-state index in [1.54, 1.807) is 0 Å². The predicted molar refractivity (Wildman–Crippen MR) is 181 cm³/mol. The van der Waals surface area contributed by atoms with E-state index in [1.807, 2.05) is 37.3 Å². The van der Waals surface area contributed by atoms with Crippen molar-refractivity contribution in [1.29, 1.82) is 0 Å². The normalized spacial score (nSPS) is 13.4. The molecule has 266 valence electrons. The second-order valence-electron chi connectivity index (χ2n) is 12.8. The summed E-state index contributed by atoms with van der Waals surface area (Å²) in [5.74, 6) is -3.56. The van der Waals surface area contributed by atoms with Crippen molar-refractivity contribution >= 4 is 23.4 Å². The van der Waals surface area contributed by atoms with Gasteiger partial charge in [-0.15, -0.1) is 0 Å². The number of esters is 1. The van der Waals surface area contributed by atoms with Crippen molar-refractivity contribution in [2.45, 2.75) is 116 Å². The number of ether oxygens (including phenoxy) is 1. The Balaban J connectivity index is 2.13. The summed E-state index contributed by atoms with van der Waals surface area (Å²) in [6.45, 7) is 4.98. The first-order chi connectivity index (χ1) is 22.9. The van der Waals surface area contributed by atoms with E-state index in [9.17, 15) is 32.3 Å². The molecule has 0 aliphatic carbocycles. The van der Waals surface area contributed by atoms with Crippen LogP contribution >= 0.6 is 0 Å². The Labute approximate surface area is 283 Å². The number of nitrogens with one attached hydrogen (secondary N) is 1. The largest absolute Gasteiger partial charge is 0.454 e. The number of carbonyl (C=O) groups is 4. The van der Waals surface area contributed by atoms with Crippen molar-refractivity contribution in [2.24, 2.45) is 17.6 Å². The molecule has 0 saturated heterocycles. The molecule has 7 nitrogen and oxygen atoms in total. The third-order valence-electron chi connectivity index (χ3n) is 8.71. The molecule has 0 fully saturated rings. The van der Waals surface area contributed by atoms with Gasteiger partial charge in [0.15, 0.2) is 18.2 Å². The summed E-state index contributed by atoms with van der Waals surface area (Å²) in [5.41, 5.74) is 4.76. The van der Waals surface area contributed by atoms with Gasteiger partial charge in [0.25, 0.3) is 0 Å². The maximum Gasteiger partial charge on any atom is 0.417 e. The first kappa shape index (κ1) is 40.6. The minimum atomic E-state index is -4.79. The zero-order valence-electron chi connectivity index (χ0n) is 28.7. The number of ketones is 2. The summed E-state index contributed by atoms with van der Waals surface area (Å²) in [5, 5.41) is 2.93. The number of alkyl halides is 3. The predicted octanol–water partition coefficient (Wildman–Crippen LogP) is 7.95. The topological polar surface area (TPSA) is 116 Å². The zero-order chi connectivity index (χ0) is 35.5. The number of hydrogen-bond donors (Lipinski definition) is 2. The highest BCUT2D eigenvalue weighted by atomic mass is 19.4. The van der Waals surface area contributed by atoms with Gasteiger partial charge in [0.05, 0.1) is 17.2 Å². The van der Waals surface area contributed by atoms with Crippen LogP contribution in [0.4, 0.5) is 13.2 Å². The summed E-state index contributed by atoms with van der Waals surface area (Å²) < 4.78 is 45.9. The molecule has 10 heteroatoms. The number of unbranched alkanes of at least 4 members (excludes halogenated alkanes) is 7. The average Bonchev–Trinajstić information content (AvgIpc) is 3.05. The Kier molecular flexibility index (Phi) is 18.2. The number of halogens is 3. The van der Waals surface area contributed by atoms with Crippen molar-refractivity contribution < 1.29 is 37.1 Å². The van der Waals surface area contributed by atoms with E-state index >= 15 is 0 Å². The maximum absolute atomic E-state index is 13.8. The zero-order valence-corrected chi connectivity index (χ0v) is 28.7. The molecule has 48 heavy (non-hydrogen) atoms. The van der Waals surface area contributed by atoms with E-state index in [0.717, 1.165) is 30.9 Å². The molecular weight excluding hydrogens is 621 g/mol.